The van der Waals surface area contributed by atoms with Gasteiger partial charge in [0.25, 0.3) is 5.91 Å². The first-order chi connectivity index (χ1) is 9.90. The fraction of sp³-hybridized carbons (Fsp3) is 0.385. The van der Waals surface area contributed by atoms with Crippen molar-refractivity contribution in [3.63, 3.8) is 0 Å². The molecule has 0 aromatic carbocycles. The Balaban J connectivity index is 2.09. The Morgan fingerprint density at radius 2 is 2.14 bits per heavy atom. The lowest BCUT2D eigenvalue weighted by molar-refractivity contribution is -0.146. The lowest BCUT2D eigenvalue weighted by Crippen LogP contribution is -2.30. The second-order valence-electron chi connectivity index (χ2n) is 4.71. The van der Waals surface area contributed by atoms with E-state index in [-0.39, 0.29) is 18.9 Å². The highest BCUT2D eigenvalue weighted by Crippen LogP contribution is 2.10. The summed E-state index contributed by atoms with van der Waals surface area (Å²) in [5.74, 6) is -1.69. The van der Waals surface area contributed by atoms with Crippen molar-refractivity contribution in [2.75, 3.05) is 6.54 Å². The van der Waals surface area contributed by atoms with Gasteiger partial charge in [-0.25, -0.2) is 14.3 Å². The molecule has 0 bridgehead atoms. The number of nitrogens with one attached hydrogen (secondary N) is 1. The zero-order valence-electron chi connectivity index (χ0n) is 11.7. The van der Waals surface area contributed by atoms with Crippen molar-refractivity contribution < 1.29 is 19.8 Å². The van der Waals surface area contributed by atoms with Crippen LogP contribution < -0.4 is 5.32 Å². The summed E-state index contributed by atoms with van der Waals surface area (Å²) < 4.78 is 1.58. The van der Waals surface area contributed by atoms with E-state index in [1.807, 2.05) is 6.92 Å². The van der Waals surface area contributed by atoms with Crippen LogP contribution in [0.25, 0.3) is 5.65 Å². The highest BCUT2D eigenvalue weighted by Gasteiger charge is 2.16. The molecule has 1 amide bonds. The van der Waals surface area contributed by atoms with Gasteiger partial charge in [-0.2, -0.15) is 5.10 Å². The number of hydrogen-bond acceptors (Lipinski definition) is 5. The average molecular weight is 292 g/mol. The highest BCUT2D eigenvalue weighted by molar-refractivity contribution is 5.95. The molecule has 0 radical (unpaired) electrons. The summed E-state index contributed by atoms with van der Waals surface area (Å²) in [5, 5.41) is 24.5. The van der Waals surface area contributed by atoms with Crippen LogP contribution in [-0.4, -0.2) is 49.3 Å². The first-order valence-electron chi connectivity index (χ1n) is 6.41. The normalized spacial score (nSPS) is 12.3. The SMILES string of the molecule is Cc1cc2ncc(C(=O)NCCC(O)C(=O)O)c(C)n2n1. The number of rotatable bonds is 5. The number of aryl methyl sites for hydroxylation is 2. The van der Waals surface area contributed by atoms with Crippen molar-refractivity contribution in [1.82, 2.24) is 19.9 Å². The Bertz CT molecular complexity index is 695. The van der Waals surface area contributed by atoms with Crippen LogP contribution in [0.1, 0.15) is 28.2 Å². The summed E-state index contributed by atoms with van der Waals surface area (Å²) in [4.78, 5) is 26.7. The van der Waals surface area contributed by atoms with Crippen LogP contribution in [0.3, 0.4) is 0 Å². The quantitative estimate of drug-likeness (QED) is 0.709. The highest BCUT2D eigenvalue weighted by atomic mass is 16.4. The molecule has 1 unspecified atom stereocenters. The molecule has 1 atom stereocenters. The zero-order chi connectivity index (χ0) is 15.6. The molecule has 0 aliphatic heterocycles. The van der Waals surface area contributed by atoms with Gasteiger partial charge in [0.05, 0.1) is 17.0 Å². The maximum absolute atomic E-state index is 12.0. The molecule has 3 N–H and O–H groups in total. The third-order valence-electron chi connectivity index (χ3n) is 3.08. The fourth-order valence-electron chi connectivity index (χ4n) is 1.93. The molecule has 0 fully saturated rings. The lowest BCUT2D eigenvalue weighted by atomic mass is 10.2. The summed E-state index contributed by atoms with van der Waals surface area (Å²) in [5.41, 5.74) is 2.45. The number of nitrogens with zero attached hydrogens (tertiary/aromatic N) is 3. The van der Waals surface area contributed by atoms with Crippen LogP contribution in [0.4, 0.5) is 0 Å². The standard InChI is InChI=1S/C13H16N4O4/c1-7-5-11-15-6-9(8(2)17(11)16-7)12(19)14-4-3-10(18)13(20)21/h5-6,10,18H,3-4H2,1-2H3,(H,14,19)(H,20,21). The van der Waals surface area contributed by atoms with Crippen LogP contribution in [0, 0.1) is 13.8 Å². The van der Waals surface area contributed by atoms with E-state index in [4.69, 9.17) is 10.2 Å². The molecule has 0 aliphatic carbocycles. The minimum Gasteiger partial charge on any atom is -0.479 e. The van der Waals surface area contributed by atoms with Crippen molar-refractivity contribution >= 4 is 17.5 Å². The van der Waals surface area contributed by atoms with Gasteiger partial charge in [-0.05, 0) is 13.8 Å². The Hall–Kier alpha value is -2.48. The number of carboxylic acids is 1. The smallest absolute Gasteiger partial charge is 0.332 e. The summed E-state index contributed by atoms with van der Waals surface area (Å²) >= 11 is 0. The molecule has 2 rings (SSSR count). The number of amides is 1. The molecule has 0 aliphatic rings. The van der Waals surface area contributed by atoms with Gasteiger partial charge >= 0.3 is 5.97 Å². The van der Waals surface area contributed by atoms with Crippen LogP contribution >= 0.6 is 0 Å². The van der Waals surface area contributed by atoms with Crippen LogP contribution in [0.15, 0.2) is 12.3 Å². The van der Waals surface area contributed by atoms with Gasteiger partial charge in [0.15, 0.2) is 11.8 Å². The van der Waals surface area contributed by atoms with E-state index in [0.29, 0.717) is 16.9 Å². The van der Waals surface area contributed by atoms with E-state index in [1.165, 1.54) is 6.20 Å². The van der Waals surface area contributed by atoms with Crippen molar-refractivity contribution in [3.8, 4) is 0 Å². The number of carbonyl (C=O) groups is 2. The van der Waals surface area contributed by atoms with E-state index in [0.717, 1.165) is 5.69 Å². The molecular formula is C13H16N4O4. The number of aliphatic hydroxyl groups excluding tert-OH is 1. The maximum atomic E-state index is 12.0. The molecule has 2 aromatic rings. The third kappa shape index (κ3) is 3.16. The zero-order valence-corrected chi connectivity index (χ0v) is 11.7. The summed E-state index contributed by atoms with van der Waals surface area (Å²) in [6.45, 7) is 3.64. The predicted octanol–water partition coefficient (Wildman–Crippen LogP) is -0.0885. The van der Waals surface area contributed by atoms with Crippen molar-refractivity contribution in [2.45, 2.75) is 26.4 Å². The Kier molecular flexibility index (Phi) is 4.18. The van der Waals surface area contributed by atoms with E-state index >= 15 is 0 Å². The number of aliphatic carboxylic acids is 1. The Morgan fingerprint density at radius 1 is 1.43 bits per heavy atom. The largest absolute Gasteiger partial charge is 0.479 e. The average Bonchev–Trinajstić information content (AvgIpc) is 2.80. The first-order valence-corrected chi connectivity index (χ1v) is 6.41. The summed E-state index contributed by atoms with van der Waals surface area (Å²) in [6.07, 6.45) is -0.0911. The number of hydrogen-bond donors (Lipinski definition) is 3. The molecule has 0 saturated heterocycles. The summed E-state index contributed by atoms with van der Waals surface area (Å²) in [6, 6.07) is 1.80. The monoisotopic (exact) mass is 292 g/mol. The molecule has 2 aromatic heterocycles. The maximum Gasteiger partial charge on any atom is 0.332 e. The van der Waals surface area contributed by atoms with Gasteiger partial charge in [-0.1, -0.05) is 0 Å². The van der Waals surface area contributed by atoms with Gasteiger partial charge in [0, 0.05) is 25.2 Å². The van der Waals surface area contributed by atoms with E-state index in [1.54, 1.807) is 17.5 Å². The molecule has 21 heavy (non-hydrogen) atoms. The first kappa shape index (κ1) is 14.9. The number of carbonyl (C=O) groups excluding carboxylic acids is 1. The number of carboxylic acid groups (broad SMARTS) is 1. The fourth-order valence-corrected chi connectivity index (χ4v) is 1.93. The third-order valence-corrected chi connectivity index (χ3v) is 3.08. The molecule has 8 heteroatoms. The molecule has 0 spiro atoms. The molecule has 2 heterocycles. The van der Waals surface area contributed by atoms with Crippen LogP contribution in [0.5, 0.6) is 0 Å². The topological polar surface area (TPSA) is 117 Å². The van der Waals surface area contributed by atoms with Crippen LogP contribution in [0.2, 0.25) is 0 Å². The molecular weight excluding hydrogens is 276 g/mol. The van der Waals surface area contributed by atoms with Gasteiger partial charge in [-0.3, -0.25) is 4.79 Å². The van der Waals surface area contributed by atoms with Gasteiger partial charge in [0.2, 0.25) is 0 Å². The van der Waals surface area contributed by atoms with Gasteiger partial charge in [0.1, 0.15) is 0 Å². The van der Waals surface area contributed by atoms with E-state index < -0.39 is 12.1 Å². The van der Waals surface area contributed by atoms with Gasteiger partial charge < -0.3 is 15.5 Å². The van der Waals surface area contributed by atoms with E-state index in [9.17, 15) is 9.59 Å². The minimum atomic E-state index is -1.49. The Labute approximate surface area is 120 Å². The minimum absolute atomic E-state index is 0.0575. The Morgan fingerprint density at radius 3 is 2.81 bits per heavy atom. The lowest BCUT2D eigenvalue weighted by Gasteiger charge is -2.09. The number of aliphatic hydroxyl groups is 1. The predicted molar refractivity (Wildman–Crippen MR) is 73.1 cm³/mol. The summed E-state index contributed by atoms with van der Waals surface area (Å²) in [7, 11) is 0. The number of aromatic nitrogens is 3. The van der Waals surface area contributed by atoms with Crippen molar-refractivity contribution in [2.24, 2.45) is 0 Å². The molecule has 112 valence electrons. The molecule has 0 saturated carbocycles. The second kappa shape index (κ2) is 5.88. The van der Waals surface area contributed by atoms with Crippen LogP contribution in [-0.2, 0) is 4.79 Å². The van der Waals surface area contributed by atoms with Crippen molar-refractivity contribution in [1.29, 1.82) is 0 Å². The van der Waals surface area contributed by atoms with E-state index in [2.05, 4.69) is 15.4 Å². The second-order valence-corrected chi connectivity index (χ2v) is 4.71. The molecule has 8 nitrogen and oxygen atoms in total. The number of fused-ring (bicyclic) bond motifs is 1. The van der Waals surface area contributed by atoms with Crippen molar-refractivity contribution in [3.05, 3.63) is 29.2 Å². The van der Waals surface area contributed by atoms with Gasteiger partial charge in [-0.15, -0.1) is 0 Å².